The summed E-state index contributed by atoms with van der Waals surface area (Å²) in [5, 5.41) is 1.72. The normalized spacial score (nSPS) is 11.0. The van der Waals surface area contributed by atoms with Crippen LogP contribution in [0.5, 0.6) is 0 Å². The largest absolute Gasteiger partial charge is 0.342 e. The van der Waals surface area contributed by atoms with Crippen molar-refractivity contribution in [3.05, 3.63) is 69.5 Å². The van der Waals surface area contributed by atoms with Gasteiger partial charge < -0.3 is 4.90 Å². The Balaban J connectivity index is 1.93. The average Bonchev–Trinajstić information content (AvgIpc) is 2.74. The van der Waals surface area contributed by atoms with Crippen molar-refractivity contribution < 1.29 is 4.79 Å². The molecule has 1 amide bonds. The molecule has 30 heavy (non-hydrogen) atoms. The molecule has 0 aliphatic heterocycles. The van der Waals surface area contributed by atoms with Crippen LogP contribution in [0.15, 0.2) is 58.5 Å². The fourth-order valence-electron chi connectivity index (χ4n) is 3.33. The van der Waals surface area contributed by atoms with Crippen LogP contribution in [-0.4, -0.2) is 39.2 Å². The van der Waals surface area contributed by atoms with Gasteiger partial charge in [0, 0.05) is 18.1 Å². The first-order valence-electron chi connectivity index (χ1n) is 10.2. The van der Waals surface area contributed by atoms with E-state index in [2.05, 4.69) is 13.8 Å². The molecule has 0 fully saturated rings. The summed E-state index contributed by atoms with van der Waals surface area (Å²) < 4.78 is 1.63. The van der Waals surface area contributed by atoms with Crippen LogP contribution in [0.25, 0.3) is 10.9 Å². The van der Waals surface area contributed by atoms with Crippen molar-refractivity contribution in [2.75, 3.05) is 18.8 Å². The number of para-hydroxylation sites is 1. The third-order valence-corrected chi connectivity index (χ3v) is 5.92. The van der Waals surface area contributed by atoms with E-state index >= 15 is 0 Å². The van der Waals surface area contributed by atoms with Gasteiger partial charge in [0.25, 0.3) is 5.56 Å². The van der Waals surface area contributed by atoms with Crippen LogP contribution in [0.3, 0.4) is 0 Å². The Bertz CT molecular complexity index is 1080. The van der Waals surface area contributed by atoms with E-state index < -0.39 is 0 Å². The first kappa shape index (κ1) is 22.4. The molecule has 1 aromatic heterocycles. The van der Waals surface area contributed by atoms with E-state index in [1.807, 2.05) is 41.3 Å². The molecule has 0 spiro atoms. The molecule has 158 valence electrons. The van der Waals surface area contributed by atoms with Crippen molar-refractivity contribution in [2.45, 2.75) is 38.4 Å². The van der Waals surface area contributed by atoms with Crippen LogP contribution in [0.2, 0.25) is 5.02 Å². The maximum atomic E-state index is 13.2. The minimum Gasteiger partial charge on any atom is -0.342 e. The Morgan fingerprint density at radius 2 is 1.83 bits per heavy atom. The summed E-state index contributed by atoms with van der Waals surface area (Å²) in [4.78, 5) is 32.5. The predicted molar refractivity (Wildman–Crippen MR) is 124 cm³/mol. The molecular formula is C23H26ClN3O2S. The second-order valence-corrected chi connectivity index (χ2v) is 8.48. The number of aromatic nitrogens is 2. The highest BCUT2D eigenvalue weighted by molar-refractivity contribution is 7.99. The molecule has 3 rings (SSSR count). The highest BCUT2D eigenvalue weighted by Crippen LogP contribution is 2.20. The van der Waals surface area contributed by atoms with Crippen molar-refractivity contribution in [2.24, 2.45) is 0 Å². The van der Waals surface area contributed by atoms with Gasteiger partial charge in [-0.3, -0.25) is 14.2 Å². The van der Waals surface area contributed by atoms with Gasteiger partial charge in [0.15, 0.2) is 5.16 Å². The molecule has 3 aromatic rings. The lowest BCUT2D eigenvalue weighted by Crippen LogP contribution is -2.34. The second kappa shape index (κ2) is 10.6. The number of thioether (sulfide) groups is 1. The molecule has 0 aliphatic rings. The van der Waals surface area contributed by atoms with Crippen LogP contribution >= 0.6 is 23.4 Å². The van der Waals surface area contributed by atoms with Crippen LogP contribution in [-0.2, 0) is 11.3 Å². The van der Waals surface area contributed by atoms with Gasteiger partial charge in [-0.1, -0.05) is 61.5 Å². The summed E-state index contributed by atoms with van der Waals surface area (Å²) in [7, 11) is 0. The van der Waals surface area contributed by atoms with E-state index in [1.165, 1.54) is 11.8 Å². The zero-order valence-corrected chi connectivity index (χ0v) is 18.9. The fraction of sp³-hybridized carbons (Fsp3) is 0.348. The first-order valence-corrected chi connectivity index (χ1v) is 11.5. The molecule has 7 heteroatoms. The molecule has 0 unspecified atom stereocenters. The van der Waals surface area contributed by atoms with Gasteiger partial charge in [0.05, 0.1) is 23.2 Å². The standard InChI is InChI=1S/C23H26ClN3O2S/c1-3-12-26(13-4-2)21(28)16-30-23-25-20-11-6-5-10-19(20)22(29)27(23)15-17-8-7-9-18(24)14-17/h5-11,14H,3-4,12-13,15-16H2,1-2H3. The molecule has 0 radical (unpaired) electrons. The van der Waals surface area contributed by atoms with Gasteiger partial charge in [-0.25, -0.2) is 4.98 Å². The van der Waals surface area contributed by atoms with Crippen molar-refractivity contribution in [1.29, 1.82) is 0 Å². The zero-order chi connectivity index (χ0) is 21.5. The monoisotopic (exact) mass is 443 g/mol. The second-order valence-electron chi connectivity index (χ2n) is 7.10. The Labute approximate surface area is 186 Å². The number of nitrogens with zero attached hydrogens (tertiary/aromatic N) is 3. The van der Waals surface area contributed by atoms with E-state index in [1.54, 1.807) is 16.7 Å². The molecule has 5 nitrogen and oxygen atoms in total. The topological polar surface area (TPSA) is 55.2 Å². The zero-order valence-electron chi connectivity index (χ0n) is 17.3. The Kier molecular flexibility index (Phi) is 7.94. The average molecular weight is 444 g/mol. The minimum atomic E-state index is -0.116. The molecular weight excluding hydrogens is 418 g/mol. The quantitative estimate of drug-likeness (QED) is 0.351. The highest BCUT2D eigenvalue weighted by atomic mass is 35.5. The van der Waals surface area contributed by atoms with E-state index in [4.69, 9.17) is 16.6 Å². The smallest absolute Gasteiger partial charge is 0.262 e. The highest BCUT2D eigenvalue weighted by Gasteiger charge is 2.16. The van der Waals surface area contributed by atoms with Crippen molar-refractivity contribution >= 4 is 40.2 Å². The predicted octanol–water partition coefficient (Wildman–Crippen LogP) is 4.84. The SMILES string of the molecule is CCCN(CCC)C(=O)CSc1nc2ccccc2c(=O)n1Cc1cccc(Cl)c1. The molecule has 0 saturated heterocycles. The van der Waals surface area contributed by atoms with E-state index in [0.717, 1.165) is 31.5 Å². The summed E-state index contributed by atoms with van der Waals surface area (Å²) in [5.74, 6) is 0.320. The maximum absolute atomic E-state index is 13.2. The van der Waals surface area contributed by atoms with Gasteiger partial charge in [-0.15, -0.1) is 0 Å². The molecule has 2 aromatic carbocycles. The molecule has 1 heterocycles. The molecule has 0 saturated carbocycles. The van der Waals surface area contributed by atoms with Gasteiger partial charge in [-0.05, 0) is 42.7 Å². The molecule has 0 bridgehead atoms. The summed E-state index contributed by atoms with van der Waals surface area (Å²) in [6.07, 6.45) is 1.84. The maximum Gasteiger partial charge on any atom is 0.262 e. The Morgan fingerprint density at radius 1 is 1.10 bits per heavy atom. The lowest BCUT2D eigenvalue weighted by Gasteiger charge is -2.21. The van der Waals surface area contributed by atoms with Crippen molar-refractivity contribution in [3.63, 3.8) is 0 Å². The third-order valence-electron chi connectivity index (χ3n) is 4.72. The van der Waals surface area contributed by atoms with E-state index in [-0.39, 0.29) is 17.2 Å². The molecule has 0 aliphatic carbocycles. The Morgan fingerprint density at radius 3 is 2.53 bits per heavy atom. The number of rotatable bonds is 9. The van der Waals surface area contributed by atoms with Crippen LogP contribution in [0.1, 0.15) is 32.3 Å². The summed E-state index contributed by atoms with van der Waals surface area (Å²) in [5.41, 5.74) is 1.43. The van der Waals surface area contributed by atoms with Crippen LogP contribution in [0.4, 0.5) is 0 Å². The van der Waals surface area contributed by atoms with Gasteiger partial charge in [0.1, 0.15) is 0 Å². The third kappa shape index (κ3) is 5.43. The number of hydrogen-bond acceptors (Lipinski definition) is 4. The van der Waals surface area contributed by atoms with Gasteiger partial charge in [-0.2, -0.15) is 0 Å². The van der Waals surface area contributed by atoms with Crippen LogP contribution in [0, 0.1) is 0 Å². The summed E-state index contributed by atoms with van der Waals surface area (Å²) >= 11 is 7.44. The fourth-order valence-corrected chi connectivity index (χ4v) is 4.45. The number of benzene rings is 2. The van der Waals surface area contributed by atoms with Gasteiger partial charge in [0.2, 0.25) is 5.91 Å². The first-order chi connectivity index (χ1) is 14.5. The van der Waals surface area contributed by atoms with Gasteiger partial charge >= 0.3 is 0 Å². The van der Waals surface area contributed by atoms with E-state index in [0.29, 0.717) is 27.6 Å². The Hall–Kier alpha value is -2.31. The number of halogens is 1. The van der Waals surface area contributed by atoms with Crippen LogP contribution < -0.4 is 5.56 Å². The summed E-state index contributed by atoms with van der Waals surface area (Å²) in [6, 6.07) is 14.7. The molecule has 0 atom stereocenters. The van der Waals surface area contributed by atoms with Crippen molar-refractivity contribution in [1.82, 2.24) is 14.5 Å². The minimum absolute atomic E-state index is 0.0698. The number of fused-ring (bicyclic) bond motifs is 1. The van der Waals surface area contributed by atoms with E-state index in [9.17, 15) is 9.59 Å². The lowest BCUT2D eigenvalue weighted by atomic mass is 10.2. The molecule has 0 N–H and O–H groups in total. The van der Waals surface area contributed by atoms with Crippen molar-refractivity contribution in [3.8, 4) is 0 Å². The number of hydrogen-bond donors (Lipinski definition) is 0. The lowest BCUT2D eigenvalue weighted by molar-refractivity contribution is -0.128. The number of amides is 1. The summed E-state index contributed by atoms with van der Waals surface area (Å²) in [6.45, 7) is 5.97. The number of carbonyl (C=O) groups is 1. The number of carbonyl (C=O) groups excluding carboxylic acids is 1.